The van der Waals surface area contributed by atoms with E-state index >= 15 is 0 Å². The molecule has 1 amide bonds. The predicted molar refractivity (Wildman–Crippen MR) is 48.3 cm³/mol. The Kier molecular flexibility index (Phi) is 1.93. The minimum atomic E-state index is -0.242. The smallest absolute Gasteiger partial charge is 0.410 e. The highest BCUT2D eigenvalue weighted by atomic mass is 16.5. The van der Waals surface area contributed by atoms with Crippen LogP contribution in [0, 0.1) is 0 Å². The number of methoxy groups -OCH3 is 1. The average Bonchev–Trinajstić information content (AvgIpc) is 2.98. The summed E-state index contributed by atoms with van der Waals surface area (Å²) in [6, 6.07) is 10.2. The van der Waals surface area contributed by atoms with Gasteiger partial charge in [-0.05, 0) is 5.56 Å². The molecule has 1 saturated heterocycles. The van der Waals surface area contributed by atoms with Crippen molar-refractivity contribution in [2.24, 2.45) is 0 Å². The lowest BCUT2D eigenvalue weighted by atomic mass is 10.2. The van der Waals surface area contributed by atoms with E-state index in [-0.39, 0.29) is 12.1 Å². The second-order valence-corrected chi connectivity index (χ2v) is 3.05. The number of carbonyl (C=O) groups is 1. The van der Waals surface area contributed by atoms with E-state index in [1.807, 2.05) is 30.3 Å². The van der Waals surface area contributed by atoms with Crippen LogP contribution in [-0.2, 0) is 4.74 Å². The van der Waals surface area contributed by atoms with Gasteiger partial charge >= 0.3 is 6.09 Å². The van der Waals surface area contributed by atoms with Gasteiger partial charge in [-0.1, -0.05) is 30.3 Å². The third kappa shape index (κ3) is 1.49. The minimum absolute atomic E-state index is 0.230. The van der Waals surface area contributed by atoms with Crippen molar-refractivity contribution in [1.29, 1.82) is 0 Å². The van der Waals surface area contributed by atoms with Gasteiger partial charge in [0.15, 0.2) is 0 Å². The van der Waals surface area contributed by atoms with E-state index in [0.717, 1.165) is 6.54 Å². The van der Waals surface area contributed by atoms with Crippen LogP contribution in [0.25, 0.3) is 0 Å². The highest BCUT2D eigenvalue weighted by molar-refractivity contribution is 5.71. The summed E-state index contributed by atoms with van der Waals surface area (Å²) in [6.45, 7) is 0.774. The van der Waals surface area contributed by atoms with Crippen LogP contribution in [0.2, 0.25) is 0 Å². The fourth-order valence-electron chi connectivity index (χ4n) is 1.42. The number of rotatable bonds is 1. The van der Waals surface area contributed by atoms with Gasteiger partial charge in [0.05, 0.1) is 13.2 Å². The van der Waals surface area contributed by atoms with Crippen molar-refractivity contribution in [3.8, 4) is 0 Å². The Balaban J connectivity index is 2.04. The summed E-state index contributed by atoms with van der Waals surface area (Å²) in [4.78, 5) is 12.8. The van der Waals surface area contributed by atoms with Crippen molar-refractivity contribution in [3.63, 3.8) is 0 Å². The Bertz CT molecular complexity index is 310. The van der Waals surface area contributed by atoms with Crippen molar-refractivity contribution >= 4 is 6.09 Å². The fourth-order valence-corrected chi connectivity index (χ4v) is 1.42. The van der Waals surface area contributed by atoms with E-state index in [9.17, 15) is 4.79 Å². The number of nitrogens with zero attached hydrogens (tertiary/aromatic N) is 1. The Morgan fingerprint density at radius 2 is 2.15 bits per heavy atom. The molecule has 2 rings (SSSR count). The van der Waals surface area contributed by atoms with Gasteiger partial charge in [0.1, 0.15) is 0 Å². The molecule has 3 nitrogen and oxygen atoms in total. The molecule has 3 heteroatoms. The maximum absolute atomic E-state index is 11.1. The highest BCUT2D eigenvalue weighted by Crippen LogP contribution is 2.34. The first kappa shape index (κ1) is 8.10. The third-order valence-electron chi connectivity index (χ3n) is 2.21. The van der Waals surface area contributed by atoms with Gasteiger partial charge in [-0.3, -0.25) is 4.90 Å². The maximum atomic E-state index is 11.1. The molecule has 0 N–H and O–H groups in total. The van der Waals surface area contributed by atoms with Crippen molar-refractivity contribution in [2.45, 2.75) is 6.04 Å². The van der Waals surface area contributed by atoms with Gasteiger partial charge in [0, 0.05) is 6.54 Å². The van der Waals surface area contributed by atoms with Gasteiger partial charge in [-0.15, -0.1) is 0 Å². The Morgan fingerprint density at radius 1 is 1.46 bits per heavy atom. The van der Waals surface area contributed by atoms with Crippen molar-refractivity contribution < 1.29 is 9.53 Å². The molecule has 0 unspecified atom stereocenters. The zero-order valence-corrected chi connectivity index (χ0v) is 7.43. The minimum Gasteiger partial charge on any atom is -0.453 e. The Hall–Kier alpha value is -1.51. The van der Waals surface area contributed by atoms with Crippen LogP contribution in [0.4, 0.5) is 4.79 Å². The number of benzene rings is 1. The first-order valence-electron chi connectivity index (χ1n) is 4.22. The van der Waals surface area contributed by atoms with Crippen molar-refractivity contribution in [2.75, 3.05) is 13.7 Å². The van der Waals surface area contributed by atoms with Crippen LogP contribution in [0.15, 0.2) is 30.3 Å². The molecule has 0 bridgehead atoms. The normalized spacial score (nSPS) is 19.8. The maximum Gasteiger partial charge on any atom is 0.410 e. The molecule has 0 saturated carbocycles. The van der Waals surface area contributed by atoms with Crippen LogP contribution in [0.5, 0.6) is 0 Å². The topological polar surface area (TPSA) is 29.3 Å². The van der Waals surface area contributed by atoms with Crippen LogP contribution >= 0.6 is 0 Å². The van der Waals surface area contributed by atoms with E-state index in [1.165, 1.54) is 12.7 Å². The second kappa shape index (κ2) is 3.09. The Morgan fingerprint density at radius 3 is 2.77 bits per heavy atom. The molecule has 0 aromatic heterocycles. The summed E-state index contributed by atoms with van der Waals surface area (Å²) in [5, 5.41) is 0. The second-order valence-electron chi connectivity index (χ2n) is 3.05. The van der Waals surface area contributed by atoms with Crippen molar-refractivity contribution in [3.05, 3.63) is 35.9 Å². The van der Waals surface area contributed by atoms with Crippen LogP contribution in [0.3, 0.4) is 0 Å². The van der Waals surface area contributed by atoms with Gasteiger partial charge in [0.25, 0.3) is 0 Å². The fraction of sp³-hybridized carbons (Fsp3) is 0.300. The van der Waals surface area contributed by atoms with Gasteiger partial charge in [0.2, 0.25) is 0 Å². The molecule has 0 radical (unpaired) electrons. The van der Waals surface area contributed by atoms with Gasteiger partial charge < -0.3 is 4.74 Å². The number of hydrogen-bond acceptors (Lipinski definition) is 2. The first-order valence-corrected chi connectivity index (χ1v) is 4.22. The van der Waals surface area contributed by atoms with Crippen molar-refractivity contribution in [1.82, 2.24) is 4.90 Å². The lowest BCUT2D eigenvalue weighted by Crippen LogP contribution is -2.10. The van der Waals surface area contributed by atoms with Gasteiger partial charge in [-0.25, -0.2) is 4.79 Å². The molecule has 0 spiro atoms. The lowest BCUT2D eigenvalue weighted by molar-refractivity contribution is 0.153. The molecular weight excluding hydrogens is 166 g/mol. The summed E-state index contributed by atoms with van der Waals surface area (Å²) in [6.07, 6.45) is -0.242. The number of hydrogen-bond donors (Lipinski definition) is 0. The molecule has 13 heavy (non-hydrogen) atoms. The molecule has 1 aliphatic heterocycles. The number of carbonyl (C=O) groups excluding carboxylic acids is 1. The summed E-state index contributed by atoms with van der Waals surface area (Å²) in [5.41, 5.74) is 1.17. The third-order valence-corrected chi connectivity index (χ3v) is 2.21. The summed E-state index contributed by atoms with van der Waals surface area (Å²) in [5.74, 6) is 0. The average molecular weight is 177 g/mol. The lowest BCUT2D eigenvalue weighted by Gasteiger charge is -2.01. The van der Waals surface area contributed by atoms with E-state index < -0.39 is 0 Å². The highest BCUT2D eigenvalue weighted by Gasteiger charge is 2.40. The molecule has 1 fully saturated rings. The largest absolute Gasteiger partial charge is 0.453 e. The molecule has 68 valence electrons. The predicted octanol–water partition coefficient (Wildman–Crippen LogP) is 1.81. The van der Waals surface area contributed by atoms with E-state index in [4.69, 9.17) is 0 Å². The quantitative estimate of drug-likeness (QED) is 0.612. The zero-order chi connectivity index (χ0) is 9.26. The molecule has 1 aromatic rings. The van der Waals surface area contributed by atoms with Gasteiger partial charge in [-0.2, -0.15) is 0 Å². The summed E-state index contributed by atoms with van der Waals surface area (Å²) < 4.78 is 4.61. The molecule has 1 heterocycles. The monoisotopic (exact) mass is 177 g/mol. The first-order chi connectivity index (χ1) is 6.33. The standard InChI is InChI=1S/C10H11NO2/c1-13-10(12)11-7-9(11)8-5-3-2-4-6-8/h2-6,9H,7H2,1H3/t9-,11?/m1/s1. The number of amides is 1. The number of ether oxygens (including phenoxy) is 1. The summed E-state index contributed by atoms with van der Waals surface area (Å²) >= 11 is 0. The molecule has 1 aromatic carbocycles. The summed E-state index contributed by atoms with van der Waals surface area (Å²) in [7, 11) is 1.41. The molecule has 1 atom stereocenters. The Labute approximate surface area is 76.9 Å². The van der Waals surface area contributed by atoms with E-state index in [1.54, 1.807) is 4.90 Å². The van der Waals surface area contributed by atoms with Crippen LogP contribution in [0.1, 0.15) is 11.6 Å². The van der Waals surface area contributed by atoms with Crippen LogP contribution in [-0.4, -0.2) is 24.6 Å². The van der Waals surface area contributed by atoms with E-state index in [0.29, 0.717) is 0 Å². The zero-order valence-electron chi connectivity index (χ0n) is 7.43. The SMILES string of the molecule is COC(=O)N1C[C@@H]1c1ccccc1. The van der Waals surface area contributed by atoms with E-state index in [2.05, 4.69) is 4.74 Å². The molecular formula is C10H11NO2. The molecule has 0 aliphatic carbocycles. The van der Waals surface area contributed by atoms with Crippen LogP contribution < -0.4 is 0 Å². The molecule has 1 aliphatic rings.